The number of nitrogens with zero attached hydrogens (tertiary/aromatic N) is 1. The molecule has 1 amide bonds. The van der Waals surface area contributed by atoms with Crippen molar-refractivity contribution in [2.24, 2.45) is 0 Å². The SMILES string of the molecule is CC(C)[NH+](CCNC(=O)c1ccc(S(=O)(=O)N2C[C@@H](C)O[C@H](C)C2)cc1)C(C)C. The van der Waals surface area contributed by atoms with Crippen molar-refractivity contribution in [3.05, 3.63) is 29.8 Å². The number of sulfonamides is 1. The van der Waals surface area contributed by atoms with Crippen LogP contribution in [-0.2, 0) is 14.8 Å². The minimum atomic E-state index is -3.60. The molecular formula is C21H36N3O4S+. The predicted molar refractivity (Wildman–Crippen MR) is 114 cm³/mol. The normalized spacial score (nSPS) is 21.1. The molecule has 1 aromatic carbocycles. The standard InChI is InChI=1S/C21H35N3O4S/c1-15(2)24(16(3)4)12-11-22-21(25)19-7-9-20(10-8-19)29(26,27)23-13-17(5)28-18(6)14-23/h7-10,15-18H,11-14H2,1-6H3,(H,22,25)/p+1/t17-,18-/m1/s1. The van der Waals surface area contributed by atoms with Gasteiger partial charge in [-0.25, -0.2) is 8.42 Å². The van der Waals surface area contributed by atoms with Crippen LogP contribution in [0, 0.1) is 0 Å². The number of morpholine rings is 1. The summed E-state index contributed by atoms with van der Waals surface area (Å²) in [6, 6.07) is 7.14. The van der Waals surface area contributed by atoms with Crippen LogP contribution < -0.4 is 10.2 Å². The lowest BCUT2D eigenvalue weighted by atomic mass is 10.2. The minimum Gasteiger partial charge on any atom is -0.373 e. The van der Waals surface area contributed by atoms with Gasteiger partial charge in [-0.2, -0.15) is 4.31 Å². The zero-order chi connectivity index (χ0) is 21.8. The Kier molecular flexibility index (Phi) is 8.22. The quantitative estimate of drug-likeness (QED) is 0.648. The summed E-state index contributed by atoms with van der Waals surface area (Å²) in [5, 5.41) is 2.94. The number of benzene rings is 1. The molecule has 0 unspecified atom stereocenters. The Labute approximate surface area is 175 Å². The lowest BCUT2D eigenvalue weighted by Gasteiger charge is -2.34. The average Bonchev–Trinajstić information content (AvgIpc) is 2.63. The van der Waals surface area contributed by atoms with Gasteiger partial charge in [-0.05, 0) is 65.8 Å². The van der Waals surface area contributed by atoms with E-state index in [4.69, 9.17) is 4.74 Å². The van der Waals surface area contributed by atoms with E-state index in [0.29, 0.717) is 37.3 Å². The van der Waals surface area contributed by atoms with Crippen LogP contribution in [0.25, 0.3) is 0 Å². The summed E-state index contributed by atoms with van der Waals surface area (Å²) in [4.78, 5) is 14.0. The van der Waals surface area contributed by atoms with Gasteiger partial charge in [0.2, 0.25) is 10.0 Å². The molecule has 0 radical (unpaired) electrons. The van der Waals surface area contributed by atoms with Gasteiger partial charge in [0.1, 0.15) is 0 Å². The number of amides is 1. The molecule has 1 heterocycles. The Morgan fingerprint density at radius 3 is 2.10 bits per heavy atom. The van der Waals surface area contributed by atoms with Crippen molar-refractivity contribution in [1.82, 2.24) is 9.62 Å². The molecule has 0 bridgehead atoms. The second-order valence-electron chi connectivity index (χ2n) is 8.49. The molecule has 1 aliphatic rings. The molecular weight excluding hydrogens is 390 g/mol. The number of carbonyl (C=O) groups is 1. The lowest BCUT2D eigenvalue weighted by molar-refractivity contribution is -0.941. The molecule has 164 valence electrons. The summed E-state index contributed by atoms with van der Waals surface area (Å²) in [6.45, 7) is 14.5. The van der Waals surface area contributed by atoms with E-state index in [1.165, 1.54) is 21.3 Å². The van der Waals surface area contributed by atoms with E-state index >= 15 is 0 Å². The van der Waals surface area contributed by atoms with Crippen LogP contribution in [0.5, 0.6) is 0 Å². The van der Waals surface area contributed by atoms with Crippen LogP contribution in [0.1, 0.15) is 51.9 Å². The smallest absolute Gasteiger partial charge is 0.251 e. The van der Waals surface area contributed by atoms with E-state index in [2.05, 4.69) is 33.0 Å². The summed E-state index contributed by atoms with van der Waals surface area (Å²) >= 11 is 0. The zero-order valence-electron chi connectivity index (χ0n) is 18.4. The topological polar surface area (TPSA) is 80.2 Å². The predicted octanol–water partition coefficient (Wildman–Crippen LogP) is 0.916. The van der Waals surface area contributed by atoms with E-state index in [9.17, 15) is 13.2 Å². The third-order valence-electron chi connectivity index (χ3n) is 5.32. The summed E-state index contributed by atoms with van der Waals surface area (Å²) in [5.41, 5.74) is 0.461. The molecule has 2 rings (SSSR count). The van der Waals surface area contributed by atoms with Gasteiger partial charge in [0.15, 0.2) is 0 Å². The highest BCUT2D eigenvalue weighted by molar-refractivity contribution is 7.89. The maximum Gasteiger partial charge on any atom is 0.251 e. The fourth-order valence-corrected chi connectivity index (χ4v) is 5.51. The molecule has 1 fully saturated rings. The van der Waals surface area contributed by atoms with E-state index in [0.717, 1.165) is 6.54 Å². The van der Waals surface area contributed by atoms with Crippen molar-refractivity contribution in [3.63, 3.8) is 0 Å². The van der Waals surface area contributed by atoms with Crippen LogP contribution in [0.4, 0.5) is 0 Å². The summed E-state index contributed by atoms with van der Waals surface area (Å²) in [5.74, 6) is -0.186. The highest BCUT2D eigenvalue weighted by Gasteiger charge is 2.32. The summed E-state index contributed by atoms with van der Waals surface area (Å²) in [7, 11) is -3.60. The molecule has 0 aromatic heterocycles. The van der Waals surface area contributed by atoms with E-state index in [1.807, 2.05) is 13.8 Å². The number of hydrogen-bond donors (Lipinski definition) is 2. The number of carbonyl (C=O) groups excluding carboxylic acids is 1. The molecule has 29 heavy (non-hydrogen) atoms. The Morgan fingerprint density at radius 2 is 1.62 bits per heavy atom. The van der Waals surface area contributed by atoms with E-state index in [-0.39, 0.29) is 23.0 Å². The molecule has 1 aromatic rings. The Morgan fingerprint density at radius 1 is 1.10 bits per heavy atom. The summed E-state index contributed by atoms with van der Waals surface area (Å²) in [6.07, 6.45) is -0.283. The van der Waals surface area contributed by atoms with Crippen molar-refractivity contribution in [3.8, 4) is 0 Å². The van der Waals surface area contributed by atoms with Crippen LogP contribution in [0.3, 0.4) is 0 Å². The van der Waals surface area contributed by atoms with Crippen molar-refractivity contribution in [2.75, 3.05) is 26.2 Å². The highest BCUT2D eigenvalue weighted by Crippen LogP contribution is 2.21. The van der Waals surface area contributed by atoms with Gasteiger partial charge in [-0.1, -0.05) is 0 Å². The second kappa shape index (κ2) is 10.0. The third-order valence-corrected chi connectivity index (χ3v) is 7.17. The van der Waals surface area contributed by atoms with Crippen molar-refractivity contribution < 1.29 is 22.8 Å². The van der Waals surface area contributed by atoms with Gasteiger partial charge in [0.05, 0.1) is 42.3 Å². The van der Waals surface area contributed by atoms with Gasteiger partial charge in [-0.3, -0.25) is 4.79 Å². The first-order chi connectivity index (χ1) is 13.5. The van der Waals surface area contributed by atoms with Gasteiger partial charge >= 0.3 is 0 Å². The largest absolute Gasteiger partial charge is 0.373 e. The number of hydrogen-bond acceptors (Lipinski definition) is 4. The second-order valence-corrected chi connectivity index (χ2v) is 10.4. The maximum atomic E-state index is 12.9. The van der Waals surface area contributed by atoms with E-state index < -0.39 is 10.0 Å². The number of ether oxygens (including phenoxy) is 1. The van der Waals surface area contributed by atoms with Gasteiger partial charge in [0.25, 0.3) is 5.91 Å². The first-order valence-corrected chi connectivity index (χ1v) is 11.9. The van der Waals surface area contributed by atoms with Crippen molar-refractivity contribution in [1.29, 1.82) is 0 Å². The van der Waals surface area contributed by atoms with Crippen molar-refractivity contribution >= 4 is 15.9 Å². The van der Waals surface area contributed by atoms with Gasteiger partial charge in [0, 0.05) is 18.7 Å². The molecule has 2 N–H and O–H groups in total. The fraction of sp³-hybridized carbons (Fsp3) is 0.667. The third kappa shape index (κ3) is 6.25. The highest BCUT2D eigenvalue weighted by atomic mass is 32.2. The number of quaternary nitrogens is 1. The minimum absolute atomic E-state index is 0.142. The zero-order valence-corrected chi connectivity index (χ0v) is 19.3. The van der Waals surface area contributed by atoms with Gasteiger partial charge < -0.3 is 15.0 Å². The average molecular weight is 427 g/mol. The van der Waals surface area contributed by atoms with E-state index in [1.54, 1.807) is 12.1 Å². The van der Waals surface area contributed by atoms with Crippen LogP contribution in [-0.4, -0.2) is 69.1 Å². The maximum absolute atomic E-state index is 12.9. The van der Waals surface area contributed by atoms with Gasteiger partial charge in [-0.15, -0.1) is 0 Å². The van der Waals surface area contributed by atoms with Crippen molar-refractivity contribution in [2.45, 2.75) is 70.7 Å². The first kappa shape index (κ1) is 23.8. The summed E-state index contributed by atoms with van der Waals surface area (Å²) < 4.78 is 32.9. The molecule has 2 atom stereocenters. The first-order valence-electron chi connectivity index (χ1n) is 10.4. The molecule has 0 saturated carbocycles. The Balaban J connectivity index is 1.99. The monoisotopic (exact) mass is 426 g/mol. The molecule has 0 aliphatic carbocycles. The molecule has 8 heteroatoms. The lowest BCUT2D eigenvalue weighted by Crippen LogP contribution is -3.18. The number of nitrogens with one attached hydrogen (secondary N) is 2. The number of rotatable bonds is 8. The molecule has 1 saturated heterocycles. The Hall–Kier alpha value is -1.48. The van der Waals surface area contributed by atoms with Crippen LogP contribution >= 0.6 is 0 Å². The molecule has 1 aliphatic heterocycles. The van der Waals surface area contributed by atoms with Crippen LogP contribution in [0.15, 0.2) is 29.2 Å². The fourth-order valence-electron chi connectivity index (χ4n) is 3.92. The molecule has 7 nitrogen and oxygen atoms in total. The van der Waals surface area contributed by atoms with Crippen LogP contribution in [0.2, 0.25) is 0 Å². The Bertz CT molecular complexity index is 760. The molecule has 0 spiro atoms.